The summed E-state index contributed by atoms with van der Waals surface area (Å²) in [7, 11) is 0. The first-order valence-corrected chi connectivity index (χ1v) is 2.73. The van der Waals surface area contributed by atoms with Crippen molar-refractivity contribution in [3.8, 4) is 0 Å². The van der Waals surface area contributed by atoms with E-state index in [1.165, 1.54) is 0 Å². The van der Waals surface area contributed by atoms with Gasteiger partial charge in [-0.05, 0) is 6.42 Å². The van der Waals surface area contributed by atoms with E-state index in [0.29, 0.717) is 6.42 Å². The van der Waals surface area contributed by atoms with Gasteiger partial charge in [-0.2, -0.15) is 0 Å². The van der Waals surface area contributed by atoms with E-state index in [0.717, 1.165) is 0 Å². The second kappa shape index (κ2) is 6.75. The van der Waals surface area contributed by atoms with Gasteiger partial charge in [0.05, 0.1) is 0 Å². The Morgan fingerprint density at radius 2 is 2.09 bits per heavy atom. The molecule has 1 unspecified atom stereocenters. The van der Waals surface area contributed by atoms with Gasteiger partial charge in [-0.1, -0.05) is 6.92 Å². The molecular formula is C4H10N2O5. The third-order valence-electron chi connectivity index (χ3n) is 0.757. The van der Waals surface area contributed by atoms with Crippen LogP contribution in [0.5, 0.6) is 0 Å². The summed E-state index contributed by atoms with van der Waals surface area (Å²) in [6.45, 7) is 1.73. The quantitative estimate of drug-likeness (QED) is 0.373. The van der Waals surface area contributed by atoms with Crippen LogP contribution in [0.2, 0.25) is 0 Å². The molecule has 11 heavy (non-hydrogen) atoms. The van der Waals surface area contributed by atoms with E-state index < -0.39 is 17.1 Å². The Balaban J connectivity index is 0. The molecule has 7 heteroatoms. The number of hydrogen-bond acceptors (Lipinski definition) is 4. The van der Waals surface area contributed by atoms with Gasteiger partial charge in [0.15, 0.2) is 0 Å². The normalized spacial score (nSPS) is 10.7. The maximum absolute atomic E-state index is 9.81. The SMILES string of the molecule is CCC(N)C(=O)O.O=[N+]([O-])O. The third kappa shape index (κ3) is 17.7. The fourth-order valence-electron chi connectivity index (χ4n) is 0.175. The first kappa shape index (κ1) is 12.3. The highest BCUT2D eigenvalue weighted by Gasteiger charge is 2.05. The van der Waals surface area contributed by atoms with E-state index in [9.17, 15) is 4.79 Å². The van der Waals surface area contributed by atoms with Crippen LogP contribution in [0.25, 0.3) is 0 Å². The summed E-state index contributed by atoms with van der Waals surface area (Å²) in [4.78, 5) is 18.2. The predicted octanol–water partition coefficient (Wildman–Crippen LogP) is -0.539. The summed E-state index contributed by atoms with van der Waals surface area (Å²) in [6, 6.07) is -0.681. The summed E-state index contributed by atoms with van der Waals surface area (Å²) in [5.41, 5.74) is 5.02. The molecule has 0 aliphatic carbocycles. The molecule has 0 amide bonds. The van der Waals surface area contributed by atoms with Gasteiger partial charge in [-0.15, -0.1) is 10.1 Å². The predicted molar refractivity (Wildman–Crippen MR) is 34.7 cm³/mol. The van der Waals surface area contributed by atoms with E-state index in [4.69, 9.17) is 26.2 Å². The maximum atomic E-state index is 9.81. The molecule has 0 aliphatic rings. The standard InChI is InChI=1S/C4H9NO2.HNO3/c1-2-3(5)4(6)7;2-1(3)4/h3H,2,5H2,1H3,(H,6,7);(H,2,3,4). The Kier molecular flexibility index (Phi) is 7.56. The molecule has 66 valence electrons. The first-order chi connectivity index (χ1) is 4.91. The van der Waals surface area contributed by atoms with Gasteiger partial charge < -0.3 is 16.0 Å². The van der Waals surface area contributed by atoms with E-state index in [2.05, 4.69) is 0 Å². The van der Waals surface area contributed by atoms with Gasteiger partial charge in [-0.3, -0.25) is 4.79 Å². The zero-order chi connectivity index (χ0) is 9.44. The van der Waals surface area contributed by atoms with Gasteiger partial charge >= 0.3 is 5.97 Å². The lowest BCUT2D eigenvalue weighted by Crippen LogP contribution is -2.28. The second-order valence-electron chi connectivity index (χ2n) is 1.59. The van der Waals surface area contributed by atoms with Crippen molar-refractivity contribution in [1.82, 2.24) is 0 Å². The minimum atomic E-state index is -1.50. The van der Waals surface area contributed by atoms with Crippen LogP contribution in [0.15, 0.2) is 0 Å². The van der Waals surface area contributed by atoms with Crippen LogP contribution in [-0.4, -0.2) is 27.4 Å². The van der Waals surface area contributed by atoms with Crippen LogP contribution in [0, 0.1) is 10.1 Å². The lowest BCUT2D eigenvalue weighted by atomic mass is 10.2. The highest BCUT2D eigenvalue weighted by Crippen LogP contribution is 1.82. The summed E-state index contributed by atoms with van der Waals surface area (Å²) < 4.78 is 0. The number of nitrogens with zero attached hydrogens (tertiary/aromatic N) is 1. The van der Waals surface area contributed by atoms with Crippen LogP contribution in [0.3, 0.4) is 0 Å². The zero-order valence-electron chi connectivity index (χ0n) is 5.93. The molecular weight excluding hydrogens is 156 g/mol. The van der Waals surface area contributed by atoms with Crippen molar-refractivity contribution in [2.24, 2.45) is 5.73 Å². The molecule has 0 spiro atoms. The maximum Gasteiger partial charge on any atom is 0.320 e. The lowest BCUT2D eigenvalue weighted by molar-refractivity contribution is -0.742. The smallest absolute Gasteiger partial charge is 0.320 e. The van der Waals surface area contributed by atoms with Crippen LogP contribution in [0.4, 0.5) is 0 Å². The molecule has 0 aromatic rings. The molecule has 0 aliphatic heterocycles. The third-order valence-corrected chi connectivity index (χ3v) is 0.757. The number of nitrogens with two attached hydrogens (primary N) is 1. The number of carbonyl (C=O) groups is 1. The highest BCUT2D eigenvalue weighted by atomic mass is 16.9. The topological polar surface area (TPSA) is 127 Å². The zero-order valence-corrected chi connectivity index (χ0v) is 5.93. The van der Waals surface area contributed by atoms with Crippen molar-refractivity contribution >= 4 is 5.97 Å². The average Bonchev–Trinajstić information content (AvgIpc) is 1.85. The number of aliphatic carboxylic acids is 1. The molecule has 4 N–H and O–H groups in total. The minimum Gasteiger partial charge on any atom is -0.480 e. The molecule has 0 saturated heterocycles. The second-order valence-corrected chi connectivity index (χ2v) is 1.59. The van der Waals surface area contributed by atoms with E-state index in [1.807, 2.05) is 0 Å². The first-order valence-electron chi connectivity index (χ1n) is 2.73. The van der Waals surface area contributed by atoms with Crippen LogP contribution < -0.4 is 5.73 Å². The van der Waals surface area contributed by atoms with Crippen LogP contribution >= 0.6 is 0 Å². The lowest BCUT2D eigenvalue weighted by Gasteiger charge is -1.97. The number of hydrogen-bond donors (Lipinski definition) is 3. The van der Waals surface area contributed by atoms with Crippen molar-refractivity contribution in [3.63, 3.8) is 0 Å². The Morgan fingerprint density at radius 1 is 1.82 bits per heavy atom. The van der Waals surface area contributed by atoms with Crippen molar-refractivity contribution in [1.29, 1.82) is 0 Å². The van der Waals surface area contributed by atoms with Gasteiger partial charge in [0.25, 0.3) is 5.09 Å². The summed E-state index contributed by atoms with van der Waals surface area (Å²) >= 11 is 0. The van der Waals surface area contributed by atoms with Crippen molar-refractivity contribution in [2.75, 3.05) is 0 Å². The van der Waals surface area contributed by atoms with Crippen LogP contribution in [-0.2, 0) is 4.79 Å². The Hall–Kier alpha value is -1.37. The summed E-state index contributed by atoms with van der Waals surface area (Å²) in [5.74, 6) is -0.928. The van der Waals surface area contributed by atoms with Gasteiger partial charge in [0, 0.05) is 0 Å². The van der Waals surface area contributed by atoms with Crippen molar-refractivity contribution in [3.05, 3.63) is 10.1 Å². The summed E-state index contributed by atoms with van der Waals surface area (Å²) in [5, 5.41) is 21.7. The van der Waals surface area contributed by atoms with E-state index >= 15 is 0 Å². The van der Waals surface area contributed by atoms with E-state index in [1.54, 1.807) is 6.92 Å². The fraction of sp³-hybridized carbons (Fsp3) is 0.750. The van der Waals surface area contributed by atoms with Crippen molar-refractivity contribution in [2.45, 2.75) is 19.4 Å². The number of carboxylic acids is 1. The molecule has 0 rings (SSSR count). The largest absolute Gasteiger partial charge is 0.480 e. The average molecular weight is 166 g/mol. The molecule has 0 bridgehead atoms. The Morgan fingerprint density at radius 3 is 2.09 bits per heavy atom. The molecule has 0 fully saturated rings. The van der Waals surface area contributed by atoms with Crippen molar-refractivity contribution < 1.29 is 20.2 Å². The van der Waals surface area contributed by atoms with Gasteiger partial charge in [0.1, 0.15) is 6.04 Å². The number of carboxylic acid groups (broad SMARTS) is 1. The Labute approximate surface area is 62.5 Å². The molecule has 0 saturated carbocycles. The fourth-order valence-corrected chi connectivity index (χ4v) is 0.175. The number of rotatable bonds is 2. The molecule has 1 atom stereocenters. The van der Waals surface area contributed by atoms with Crippen LogP contribution in [0.1, 0.15) is 13.3 Å². The highest BCUT2D eigenvalue weighted by molar-refractivity contribution is 5.72. The van der Waals surface area contributed by atoms with E-state index in [-0.39, 0.29) is 0 Å². The molecule has 0 radical (unpaired) electrons. The molecule has 0 aromatic heterocycles. The molecule has 0 heterocycles. The Bertz CT molecular complexity index is 132. The summed E-state index contributed by atoms with van der Waals surface area (Å²) in [6.07, 6.45) is 0.495. The molecule has 0 aromatic carbocycles. The molecule has 7 nitrogen and oxygen atoms in total. The minimum absolute atomic E-state index is 0.495. The monoisotopic (exact) mass is 166 g/mol. The van der Waals surface area contributed by atoms with Gasteiger partial charge in [-0.25, -0.2) is 0 Å². The van der Waals surface area contributed by atoms with Gasteiger partial charge in [0.2, 0.25) is 0 Å².